The minimum absolute atomic E-state index is 0.109. The van der Waals surface area contributed by atoms with Crippen LogP contribution in [0.25, 0.3) is 6.08 Å². The summed E-state index contributed by atoms with van der Waals surface area (Å²) < 4.78 is 1.42. The van der Waals surface area contributed by atoms with E-state index >= 15 is 0 Å². The first kappa shape index (κ1) is 14.8. The van der Waals surface area contributed by atoms with Crippen LogP contribution in [0.2, 0.25) is 0 Å². The summed E-state index contributed by atoms with van der Waals surface area (Å²) in [6, 6.07) is 0. The third-order valence-corrected chi connectivity index (χ3v) is 3.20. The molecule has 2 heterocycles. The van der Waals surface area contributed by atoms with E-state index in [1.54, 1.807) is 51.4 Å². The van der Waals surface area contributed by atoms with Gasteiger partial charge in [0.25, 0.3) is 5.91 Å². The van der Waals surface area contributed by atoms with E-state index in [0.29, 0.717) is 16.8 Å². The molecule has 0 atom stereocenters. The molecule has 6 heteroatoms. The Bertz CT molecular complexity index is 693. The summed E-state index contributed by atoms with van der Waals surface area (Å²) >= 11 is 0. The van der Waals surface area contributed by atoms with E-state index in [1.807, 2.05) is 6.92 Å². The van der Waals surface area contributed by atoms with Crippen molar-refractivity contribution in [3.63, 3.8) is 0 Å². The number of hydrazone groups is 1. The Balaban J connectivity index is 2.08. The molecule has 1 aliphatic heterocycles. The predicted molar refractivity (Wildman–Crippen MR) is 81.7 cm³/mol. The average molecular weight is 286 g/mol. The SMILES string of the molecule is CC1=NN(C)C(=O)\C1=C/C=C/C=C/c1c(C)nn(C)c1O. The number of aryl methyl sites for hydroxylation is 2. The first-order valence-electron chi connectivity index (χ1n) is 6.53. The number of hydrogen-bond acceptors (Lipinski definition) is 4. The standard InChI is InChI=1S/C15H18N4O2/c1-10-12(14(20)18(3)16-10)8-6-5-7-9-13-11(2)17-19(4)15(13)21/h5-9,20H,1-4H3/b7-5+,8-6+,13-9-. The minimum atomic E-state index is -0.109. The van der Waals surface area contributed by atoms with Crippen LogP contribution in [0.1, 0.15) is 18.2 Å². The topological polar surface area (TPSA) is 70.7 Å². The summed E-state index contributed by atoms with van der Waals surface area (Å²) in [5.41, 5.74) is 2.73. The van der Waals surface area contributed by atoms with Gasteiger partial charge in [0, 0.05) is 14.1 Å². The number of nitrogens with zero attached hydrogens (tertiary/aromatic N) is 4. The van der Waals surface area contributed by atoms with Crippen molar-refractivity contribution in [1.82, 2.24) is 14.8 Å². The number of aromatic nitrogens is 2. The molecule has 0 saturated carbocycles. The highest BCUT2D eigenvalue weighted by atomic mass is 16.3. The summed E-state index contributed by atoms with van der Waals surface area (Å²) in [6.45, 7) is 3.63. The predicted octanol–water partition coefficient (Wildman–Crippen LogP) is 1.78. The van der Waals surface area contributed by atoms with E-state index in [2.05, 4.69) is 10.2 Å². The van der Waals surface area contributed by atoms with E-state index in [1.165, 1.54) is 9.69 Å². The van der Waals surface area contributed by atoms with Crippen molar-refractivity contribution in [1.29, 1.82) is 0 Å². The molecule has 2 rings (SSSR count). The van der Waals surface area contributed by atoms with E-state index in [9.17, 15) is 9.90 Å². The van der Waals surface area contributed by atoms with Crippen LogP contribution in [0, 0.1) is 6.92 Å². The molecule has 0 bridgehead atoms. The first-order chi connectivity index (χ1) is 9.91. The van der Waals surface area contributed by atoms with Crippen LogP contribution in [0.3, 0.4) is 0 Å². The zero-order valence-corrected chi connectivity index (χ0v) is 12.5. The molecule has 6 nitrogen and oxygen atoms in total. The van der Waals surface area contributed by atoms with Gasteiger partial charge in [0.2, 0.25) is 5.88 Å². The number of carbonyl (C=O) groups excluding carboxylic acids is 1. The Morgan fingerprint density at radius 2 is 1.86 bits per heavy atom. The molecule has 1 aromatic heterocycles. The van der Waals surface area contributed by atoms with Crippen LogP contribution >= 0.6 is 0 Å². The third kappa shape index (κ3) is 2.94. The van der Waals surface area contributed by atoms with Gasteiger partial charge in [0.05, 0.1) is 22.5 Å². The fourth-order valence-corrected chi connectivity index (χ4v) is 2.07. The maximum Gasteiger partial charge on any atom is 0.275 e. The molecule has 0 radical (unpaired) electrons. The fraction of sp³-hybridized carbons (Fsp3) is 0.267. The summed E-state index contributed by atoms with van der Waals surface area (Å²) in [6.07, 6.45) is 8.85. The largest absolute Gasteiger partial charge is 0.493 e. The Kier molecular flexibility index (Phi) is 4.07. The molecule has 1 aliphatic rings. The first-order valence-corrected chi connectivity index (χ1v) is 6.53. The van der Waals surface area contributed by atoms with Gasteiger partial charge in [-0.25, -0.2) is 9.69 Å². The van der Waals surface area contributed by atoms with Crippen molar-refractivity contribution in [3.05, 3.63) is 41.1 Å². The van der Waals surface area contributed by atoms with Crippen molar-refractivity contribution in [2.24, 2.45) is 12.1 Å². The van der Waals surface area contributed by atoms with E-state index in [-0.39, 0.29) is 11.8 Å². The maximum absolute atomic E-state index is 11.7. The van der Waals surface area contributed by atoms with Gasteiger partial charge >= 0.3 is 0 Å². The lowest BCUT2D eigenvalue weighted by Crippen LogP contribution is -2.16. The number of hydrogen-bond donors (Lipinski definition) is 1. The van der Waals surface area contributed by atoms with Crippen molar-refractivity contribution >= 4 is 17.7 Å². The Hall–Kier alpha value is -2.63. The molecule has 0 aliphatic carbocycles. The highest BCUT2D eigenvalue weighted by molar-refractivity contribution is 6.23. The van der Waals surface area contributed by atoms with Crippen LogP contribution in [-0.4, -0.2) is 38.6 Å². The number of aromatic hydroxyl groups is 1. The molecular weight excluding hydrogens is 268 g/mol. The molecule has 0 spiro atoms. The number of likely N-dealkylation sites (N-methyl/N-ethyl adjacent to an activating group) is 1. The van der Waals surface area contributed by atoms with Crippen LogP contribution in [-0.2, 0) is 11.8 Å². The van der Waals surface area contributed by atoms with Crippen molar-refractivity contribution in [2.45, 2.75) is 13.8 Å². The van der Waals surface area contributed by atoms with Crippen molar-refractivity contribution in [2.75, 3.05) is 7.05 Å². The summed E-state index contributed by atoms with van der Waals surface area (Å²) in [4.78, 5) is 11.7. The lowest BCUT2D eigenvalue weighted by Gasteiger charge is -2.00. The van der Waals surface area contributed by atoms with Gasteiger partial charge in [-0.15, -0.1) is 0 Å². The molecule has 0 aromatic carbocycles. The van der Waals surface area contributed by atoms with Gasteiger partial charge in [0.15, 0.2) is 0 Å². The molecular formula is C15H18N4O2. The average Bonchev–Trinajstić information content (AvgIpc) is 2.80. The van der Waals surface area contributed by atoms with Gasteiger partial charge in [0.1, 0.15) is 0 Å². The molecule has 110 valence electrons. The highest BCUT2D eigenvalue weighted by Crippen LogP contribution is 2.20. The zero-order chi connectivity index (χ0) is 15.6. The number of carbonyl (C=O) groups is 1. The Morgan fingerprint density at radius 3 is 2.38 bits per heavy atom. The summed E-state index contributed by atoms with van der Waals surface area (Å²) in [7, 11) is 3.31. The van der Waals surface area contributed by atoms with E-state index < -0.39 is 0 Å². The molecule has 0 saturated heterocycles. The van der Waals surface area contributed by atoms with E-state index in [4.69, 9.17) is 0 Å². The number of allylic oxidation sites excluding steroid dienone is 4. The molecule has 0 fully saturated rings. The molecule has 1 aromatic rings. The molecule has 0 unspecified atom stereocenters. The maximum atomic E-state index is 11.7. The third-order valence-electron chi connectivity index (χ3n) is 3.20. The normalized spacial score (nSPS) is 17.7. The van der Waals surface area contributed by atoms with Crippen LogP contribution in [0.4, 0.5) is 0 Å². The lowest BCUT2D eigenvalue weighted by atomic mass is 10.1. The number of amides is 1. The van der Waals surface area contributed by atoms with Gasteiger partial charge in [-0.3, -0.25) is 4.79 Å². The Morgan fingerprint density at radius 1 is 1.14 bits per heavy atom. The number of rotatable bonds is 3. The van der Waals surface area contributed by atoms with Gasteiger partial charge < -0.3 is 5.11 Å². The highest BCUT2D eigenvalue weighted by Gasteiger charge is 2.23. The molecule has 1 amide bonds. The smallest absolute Gasteiger partial charge is 0.275 e. The zero-order valence-electron chi connectivity index (χ0n) is 12.5. The summed E-state index contributed by atoms with van der Waals surface area (Å²) in [5.74, 6) is 0.0213. The fourth-order valence-electron chi connectivity index (χ4n) is 2.07. The minimum Gasteiger partial charge on any atom is -0.493 e. The second-order valence-electron chi connectivity index (χ2n) is 4.78. The quantitative estimate of drug-likeness (QED) is 0.680. The van der Waals surface area contributed by atoms with Crippen LogP contribution in [0.15, 0.2) is 35.0 Å². The second-order valence-corrected chi connectivity index (χ2v) is 4.78. The van der Waals surface area contributed by atoms with Crippen molar-refractivity contribution in [3.8, 4) is 5.88 Å². The summed E-state index contributed by atoms with van der Waals surface area (Å²) in [5, 5.41) is 19.3. The second kappa shape index (κ2) is 5.78. The Labute approximate surface area is 123 Å². The molecule has 21 heavy (non-hydrogen) atoms. The van der Waals surface area contributed by atoms with Crippen LogP contribution < -0.4 is 0 Å². The van der Waals surface area contributed by atoms with Gasteiger partial charge in [-0.1, -0.05) is 18.2 Å². The van der Waals surface area contributed by atoms with E-state index in [0.717, 1.165) is 5.69 Å². The van der Waals surface area contributed by atoms with Gasteiger partial charge in [-0.05, 0) is 26.0 Å². The van der Waals surface area contributed by atoms with Crippen molar-refractivity contribution < 1.29 is 9.90 Å². The monoisotopic (exact) mass is 286 g/mol. The molecule has 1 N–H and O–H groups in total. The lowest BCUT2D eigenvalue weighted by molar-refractivity contribution is -0.124. The van der Waals surface area contributed by atoms with Crippen LogP contribution in [0.5, 0.6) is 5.88 Å². The van der Waals surface area contributed by atoms with Gasteiger partial charge in [-0.2, -0.15) is 10.2 Å².